The summed E-state index contributed by atoms with van der Waals surface area (Å²) in [5.41, 5.74) is 3.95. The first-order valence-corrected chi connectivity index (χ1v) is 5.90. The van der Waals surface area contributed by atoms with E-state index < -0.39 is 0 Å². The van der Waals surface area contributed by atoms with Gasteiger partial charge in [0.05, 0.1) is 0 Å². The molecule has 3 heteroatoms. The molecule has 88 valence electrons. The van der Waals surface area contributed by atoms with Crippen LogP contribution >= 0.6 is 11.6 Å². The number of hydrogen-bond donors (Lipinski definition) is 0. The number of nitrogens with zero attached hydrogens (tertiary/aromatic N) is 1. The van der Waals surface area contributed by atoms with Crippen LogP contribution in [0.15, 0.2) is 30.5 Å². The van der Waals surface area contributed by atoms with Crippen LogP contribution < -0.4 is 0 Å². The zero-order chi connectivity index (χ0) is 12.4. The standard InChI is InChI=1S/C14H13ClFN/c1-3-10-8-17-14(15)7-13(10)12-6-11(16)5-4-9(12)2/h4-8H,3H2,1-2H3. The zero-order valence-electron chi connectivity index (χ0n) is 9.80. The molecule has 0 saturated heterocycles. The maximum absolute atomic E-state index is 13.3. The van der Waals surface area contributed by atoms with Gasteiger partial charge in [-0.05, 0) is 53.8 Å². The van der Waals surface area contributed by atoms with E-state index >= 15 is 0 Å². The van der Waals surface area contributed by atoms with Crippen molar-refractivity contribution in [3.05, 3.63) is 52.6 Å². The average Bonchev–Trinajstić information content (AvgIpc) is 2.32. The highest BCUT2D eigenvalue weighted by molar-refractivity contribution is 6.29. The van der Waals surface area contributed by atoms with Crippen molar-refractivity contribution >= 4 is 11.6 Å². The monoisotopic (exact) mass is 249 g/mol. The zero-order valence-corrected chi connectivity index (χ0v) is 10.6. The van der Waals surface area contributed by atoms with E-state index in [4.69, 9.17) is 11.6 Å². The predicted octanol–water partition coefficient (Wildman–Crippen LogP) is 4.41. The van der Waals surface area contributed by atoms with Crippen LogP contribution in [0.3, 0.4) is 0 Å². The van der Waals surface area contributed by atoms with E-state index in [1.165, 1.54) is 6.07 Å². The Balaban J connectivity index is 2.66. The average molecular weight is 250 g/mol. The van der Waals surface area contributed by atoms with Gasteiger partial charge in [-0.15, -0.1) is 0 Å². The Bertz CT molecular complexity index is 552. The third-order valence-corrected chi connectivity index (χ3v) is 3.03. The van der Waals surface area contributed by atoms with E-state index in [-0.39, 0.29) is 5.82 Å². The maximum atomic E-state index is 13.3. The Morgan fingerprint density at radius 3 is 2.71 bits per heavy atom. The number of aryl methyl sites for hydroxylation is 2. The first kappa shape index (κ1) is 12.1. The van der Waals surface area contributed by atoms with E-state index in [2.05, 4.69) is 4.98 Å². The summed E-state index contributed by atoms with van der Waals surface area (Å²) in [4.78, 5) is 4.06. The van der Waals surface area contributed by atoms with Gasteiger partial charge in [0.2, 0.25) is 0 Å². The summed E-state index contributed by atoms with van der Waals surface area (Å²) in [5.74, 6) is -0.236. The molecule has 0 spiro atoms. The quantitative estimate of drug-likeness (QED) is 0.719. The first-order valence-electron chi connectivity index (χ1n) is 5.52. The van der Waals surface area contributed by atoms with Gasteiger partial charge in [0.1, 0.15) is 11.0 Å². The van der Waals surface area contributed by atoms with Crippen LogP contribution in [0.25, 0.3) is 11.1 Å². The molecule has 0 saturated carbocycles. The Labute approximate surface area is 105 Å². The van der Waals surface area contributed by atoms with Gasteiger partial charge in [0.25, 0.3) is 0 Å². The van der Waals surface area contributed by atoms with Crippen molar-refractivity contribution in [3.8, 4) is 11.1 Å². The van der Waals surface area contributed by atoms with E-state index in [9.17, 15) is 4.39 Å². The molecule has 2 rings (SSSR count). The Morgan fingerprint density at radius 1 is 1.24 bits per heavy atom. The predicted molar refractivity (Wildman–Crippen MR) is 68.8 cm³/mol. The van der Waals surface area contributed by atoms with Gasteiger partial charge in [-0.3, -0.25) is 0 Å². The fraction of sp³-hybridized carbons (Fsp3) is 0.214. The molecule has 1 aromatic carbocycles. The molecule has 0 atom stereocenters. The molecule has 0 fully saturated rings. The summed E-state index contributed by atoms with van der Waals surface area (Å²) in [6.45, 7) is 4.01. The van der Waals surface area contributed by atoms with Gasteiger partial charge in [0, 0.05) is 6.20 Å². The summed E-state index contributed by atoms with van der Waals surface area (Å²) in [6.07, 6.45) is 2.59. The van der Waals surface area contributed by atoms with Crippen LogP contribution in [0, 0.1) is 12.7 Å². The summed E-state index contributed by atoms with van der Waals surface area (Å²) in [5, 5.41) is 0.431. The van der Waals surface area contributed by atoms with Crippen molar-refractivity contribution in [1.82, 2.24) is 4.98 Å². The van der Waals surface area contributed by atoms with Gasteiger partial charge >= 0.3 is 0 Å². The van der Waals surface area contributed by atoms with Gasteiger partial charge < -0.3 is 0 Å². The summed E-state index contributed by atoms with van der Waals surface area (Å²) >= 11 is 5.91. The van der Waals surface area contributed by atoms with E-state index in [1.807, 2.05) is 13.8 Å². The van der Waals surface area contributed by atoms with Crippen LogP contribution in [0.5, 0.6) is 0 Å². The molecule has 1 nitrogen and oxygen atoms in total. The van der Waals surface area contributed by atoms with E-state index in [1.54, 1.807) is 24.4 Å². The highest BCUT2D eigenvalue weighted by Gasteiger charge is 2.09. The normalized spacial score (nSPS) is 10.6. The fourth-order valence-corrected chi connectivity index (χ4v) is 2.03. The molecule has 17 heavy (non-hydrogen) atoms. The van der Waals surface area contributed by atoms with E-state index in [0.29, 0.717) is 5.15 Å². The molecular formula is C14H13ClFN. The molecule has 2 aromatic rings. The van der Waals surface area contributed by atoms with Gasteiger partial charge in [-0.2, -0.15) is 0 Å². The van der Waals surface area contributed by atoms with E-state index in [0.717, 1.165) is 28.7 Å². The molecular weight excluding hydrogens is 237 g/mol. The summed E-state index contributed by atoms with van der Waals surface area (Å²) < 4.78 is 13.3. The van der Waals surface area contributed by atoms with Crippen molar-refractivity contribution in [1.29, 1.82) is 0 Å². The minimum Gasteiger partial charge on any atom is -0.244 e. The largest absolute Gasteiger partial charge is 0.244 e. The third-order valence-electron chi connectivity index (χ3n) is 2.82. The molecule has 0 N–H and O–H groups in total. The first-order chi connectivity index (χ1) is 8.11. The SMILES string of the molecule is CCc1cnc(Cl)cc1-c1cc(F)ccc1C. The second-order valence-corrected chi connectivity index (χ2v) is 4.36. The number of halogens is 2. The molecule has 0 aliphatic heterocycles. The maximum Gasteiger partial charge on any atom is 0.129 e. The van der Waals surface area contributed by atoms with Gasteiger partial charge in [0.15, 0.2) is 0 Å². The molecule has 1 heterocycles. The number of benzene rings is 1. The Hall–Kier alpha value is -1.41. The lowest BCUT2D eigenvalue weighted by atomic mass is 9.96. The van der Waals surface area contributed by atoms with Crippen LogP contribution in [-0.2, 0) is 6.42 Å². The van der Waals surface area contributed by atoms with Crippen LogP contribution in [-0.4, -0.2) is 4.98 Å². The lowest BCUT2D eigenvalue weighted by Gasteiger charge is -2.11. The Morgan fingerprint density at radius 2 is 2.00 bits per heavy atom. The minimum atomic E-state index is -0.236. The van der Waals surface area contributed by atoms with Gasteiger partial charge in [-0.1, -0.05) is 24.6 Å². The fourth-order valence-electron chi connectivity index (χ4n) is 1.88. The minimum absolute atomic E-state index is 0.236. The molecule has 0 aliphatic rings. The van der Waals surface area contributed by atoms with Crippen molar-refractivity contribution in [2.45, 2.75) is 20.3 Å². The smallest absolute Gasteiger partial charge is 0.129 e. The molecule has 0 aliphatic carbocycles. The van der Waals surface area contributed by atoms with Crippen LogP contribution in [0.4, 0.5) is 4.39 Å². The third kappa shape index (κ3) is 2.47. The summed E-state index contributed by atoms with van der Waals surface area (Å²) in [6, 6.07) is 6.58. The highest BCUT2D eigenvalue weighted by atomic mass is 35.5. The van der Waals surface area contributed by atoms with Gasteiger partial charge in [-0.25, -0.2) is 9.37 Å². The van der Waals surface area contributed by atoms with Crippen molar-refractivity contribution in [2.24, 2.45) is 0 Å². The van der Waals surface area contributed by atoms with Crippen molar-refractivity contribution < 1.29 is 4.39 Å². The second-order valence-electron chi connectivity index (χ2n) is 3.98. The molecule has 0 amide bonds. The summed E-state index contributed by atoms with van der Waals surface area (Å²) in [7, 11) is 0. The molecule has 1 aromatic heterocycles. The second kappa shape index (κ2) is 4.84. The number of hydrogen-bond acceptors (Lipinski definition) is 1. The van der Waals surface area contributed by atoms with Crippen LogP contribution in [0.2, 0.25) is 5.15 Å². The van der Waals surface area contributed by atoms with Crippen molar-refractivity contribution in [2.75, 3.05) is 0 Å². The molecule has 0 radical (unpaired) electrons. The lowest BCUT2D eigenvalue weighted by Crippen LogP contribution is -1.93. The van der Waals surface area contributed by atoms with Crippen molar-refractivity contribution in [3.63, 3.8) is 0 Å². The highest BCUT2D eigenvalue weighted by Crippen LogP contribution is 2.29. The molecule has 0 unspecified atom stereocenters. The number of aromatic nitrogens is 1. The lowest BCUT2D eigenvalue weighted by molar-refractivity contribution is 0.628. The number of pyridine rings is 1. The molecule has 0 bridgehead atoms. The topological polar surface area (TPSA) is 12.9 Å². The Kier molecular flexibility index (Phi) is 3.43. The number of rotatable bonds is 2. The van der Waals surface area contributed by atoms with Crippen LogP contribution in [0.1, 0.15) is 18.1 Å².